The van der Waals surface area contributed by atoms with Crippen molar-refractivity contribution >= 4 is 57.5 Å². The first kappa shape index (κ1) is 33.6. The first-order valence-corrected chi connectivity index (χ1v) is 14.7. The molecule has 0 unspecified atom stereocenters. The van der Waals surface area contributed by atoms with E-state index in [-0.39, 0.29) is 17.3 Å². The van der Waals surface area contributed by atoms with Gasteiger partial charge in [0, 0.05) is 64.7 Å². The molecule has 0 saturated heterocycles. The van der Waals surface area contributed by atoms with E-state index in [0.717, 1.165) is 29.2 Å². The Morgan fingerprint density at radius 1 is 0.729 bits per heavy atom. The Morgan fingerprint density at radius 2 is 1.27 bits per heavy atom. The zero-order valence-corrected chi connectivity index (χ0v) is 26.9. The first-order chi connectivity index (χ1) is 22.8. The van der Waals surface area contributed by atoms with Crippen LogP contribution in [0.2, 0.25) is 5.02 Å². The number of alkyl halides is 3. The number of aromatic nitrogens is 4. The van der Waals surface area contributed by atoms with Crippen molar-refractivity contribution in [1.29, 1.82) is 0 Å². The number of rotatable bonds is 7. The third kappa shape index (κ3) is 8.33. The predicted octanol–water partition coefficient (Wildman–Crippen LogP) is 6.86. The maximum atomic E-state index is 12.3. The van der Waals surface area contributed by atoms with Crippen LogP contribution >= 0.6 is 11.6 Å². The Morgan fingerprint density at radius 3 is 1.79 bits per heavy atom. The lowest BCUT2D eigenvalue weighted by molar-refractivity contribution is -0.274. The number of halogens is 4. The number of hydrogen-bond donors (Lipinski definition) is 2. The molecule has 0 spiro atoms. The van der Waals surface area contributed by atoms with E-state index < -0.39 is 18.0 Å². The highest BCUT2D eigenvalue weighted by Gasteiger charge is 2.31. The van der Waals surface area contributed by atoms with Crippen LogP contribution in [0, 0.1) is 0 Å². The second-order valence-corrected chi connectivity index (χ2v) is 11.2. The van der Waals surface area contributed by atoms with Gasteiger partial charge in [-0.3, -0.25) is 9.59 Å². The summed E-state index contributed by atoms with van der Waals surface area (Å²) in [5.41, 5.74) is 4.48. The van der Waals surface area contributed by atoms with Gasteiger partial charge in [-0.25, -0.2) is 9.97 Å². The topological polar surface area (TPSA) is 109 Å². The Kier molecular flexibility index (Phi) is 9.75. The molecule has 0 aliphatic heterocycles. The van der Waals surface area contributed by atoms with Crippen LogP contribution < -0.4 is 25.2 Å². The van der Waals surface area contributed by atoms with Crippen LogP contribution in [-0.4, -0.2) is 65.1 Å². The zero-order chi connectivity index (χ0) is 34.6. The molecule has 6 rings (SSSR count). The van der Waals surface area contributed by atoms with Gasteiger partial charge in [0.05, 0.1) is 22.1 Å². The fraction of sp³-hybridized carbons (Fsp3) is 0.152. The average Bonchev–Trinajstić information content (AvgIpc) is 3.66. The smallest absolute Gasteiger partial charge is 0.406 e. The first-order valence-electron chi connectivity index (χ1n) is 14.3. The third-order valence-corrected chi connectivity index (χ3v) is 7.15. The van der Waals surface area contributed by atoms with E-state index in [2.05, 4.69) is 25.3 Å². The fourth-order valence-corrected chi connectivity index (χ4v) is 4.61. The summed E-state index contributed by atoms with van der Waals surface area (Å²) < 4.78 is 44.2. The summed E-state index contributed by atoms with van der Waals surface area (Å²) >= 11 is 6.04. The monoisotopic (exact) mass is 678 g/mol. The number of imidazole rings is 2. The molecule has 4 heterocycles. The molecule has 2 amide bonds. The summed E-state index contributed by atoms with van der Waals surface area (Å²) in [5.74, 6) is -1.24. The van der Waals surface area contributed by atoms with Crippen LogP contribution in [0.3, 0.4) is 0 Å². The number of fused-ring (bicyclic) bond motifs is 2. The second kappa shape index (κ2) is 13.9. The molecule has 15 heteroatoms. The van der Waals surface area contributed by atoms with Gasteiger partial charge in [0.1, 0.15) is 28.4 Å². The van der Waals surface area contributed by atoms with Gasteiger partial charge in [-0.1, -0.05) is 29.8 Å². The highest BCUT2D eigenvalue weighted by Crippen LogP contribution is 2.26. The molecule has 48 heavy (non-hydrogen) atoms. The molecule has 2 N–H and O–H groups in total. The number of hydrogen-bond acceptors (Lipinski definition) is 7. The zero-order valence-electron chi connectivity index (χ0n) is 26.2. The van der Waals surface area contributed by atoms with Gasteiger partial charge in [-0.15, -0.1) is 13.2 Å². The minimum absolute atomic E-state index is 0.142. The maximum Gasteiger partial charge on any atom is 0.573 e. The summed E-state index contributed by atoms with van der Waals surface area (Å²) in [6.45, 7) is 0. The van der Waals surface area contributed by atoms with Crippen molar-refractivity contribution in [3.05, 3.63) is 114 Å². The summed E-state index contributed by atoms with van der Waals surface area (Å²) in [4.78, 5) is 37.1. The molecular weight excluding hydrogens is 649 g/mol. The van der Waals surface area contributed by atoms with Crippen molar-refractivity contribution < 1.29 is 27.5 Å². The van der Waals surface area contributed by atoms with E-state index in [1.165, 1.54) is 12.1 Å². The maximum absolute atomic E-state index is 12.3. The number of ether oxygens (including phenoxy) is 1. The van der Waals surface area contributed by atoms with Gasteiger partial charge in [0.25, 0.3) is 11.8 Å². The van der Waals surface area contributed by atoms with Gasteiger partial charge in [0.2, 0.25) is 0 Å². The third-order valence-electron chi connectivity index (χ3n) is 6.82. The number of carbonyl (C=O) groups excluding carboxylic acids is 2. The quantitative estimate of drug-likeness (QED) is 0.190. The van der Waals surface area contributed by atoms with Gasteiger partial charge < -0.3 is 34.0 Å². The highest BCUT2D eigenvalue weighted by atomic mass is 35.5. The summed E-state index contributed by atoms with van der Waals surface area (Å²) in [6.07, 6.45) is 2.20. The molecule has 0 fully saturated rings. The van der Waals surface area contributed by atoms with Crippen LogP contribution in [0.5, 0.6) is 5.75 Å². The van der Waals surface area contributed by atoms with Crippen molar-refractivity contribution in [2.75, 3.05) is 48.6 Å². The molecule has 6 aromatic rings. The summed E-state index contributed by atoms with van der Waals surface area (Å²) in [7, 11) is 7.70. The molecule has 0 atom stereocenters. The second-order valence-electron chi connectivity index (χ2n) is 10.8. The number of amides is 2. The summed E-state index contributed by atoms with van der Waals surface area (Å²) in [5, 5.41) is 5.77. The molecule has 0 aliphatic rings. The molecule has 0 bridgehead atoms. The number of nitrogens with one attached hydrogen (secondary N) is 2. The number of carbonyl (C=O) groups is 2. The normalized spacial score (nSPS) is 11.1. The van der Waals surface area contributed by atoms with Gasteiger partial charge >= 0.3 is 6.36 Å². The average molecular weight is 679 g/mol. The molecule has 4 aromatic heterocycles. The largest absolute Gasteiger partial charge is 0.573 e. The van der Waals surface area contributed by atoms with Crippen molar-refractivity contribution in [2.45, 2.75) is 6.36 Å². The van der Waals surface area contributed by atoms with E-state index in [1.54, 1.807) is 35.0 Å². The van der Waals surface area contributed by atoms with E-state index in [1.807, 2.05) is 85.1 Å². The van der Waals surface area contributed by atoms with Crippen molar-refractivity contribution in [2.24, 2.45) is 0 Å². The minimum Gasteiger partial charge on any atom is -0.406 e. The summed E-state index contributed by atoms with van der Waals surface area (Å²) in [6, 6.07) is 19.6. The molecule has 248 valence electrons. The molecule has 2 aromatic carbocycles. The van der Waals surface area contributed by atoms with Crippen molar-refractivity contribution in [1.82, 2.24) is 18.8 Å². The number of nitrogens with zero attached hydrogens (tertiary/aromatic N) is 6. The SMILES string of the molecule is CN(C)c1ccc2nc(C(=O)Nc3cccc(OC(F)(F)F)c3)cn2c1.CN(C)c1ccc2nc(C(=O)Nc3ccccc3Cl)cn2c1. The highest BCUT2D eigenvalue weighted by molar-refractivity contribution is 6.33. The lowest BCUT2D eigenvalue weighted by atomic mass is 10.3. The Bertz CT molecular complexity index is 2090. The molecule has 0 radical (unpaired) electrons. The van der Waals surface area contributed by atoms with Gasteiger partial charge in [-0.05, 0) is 48.5 Å². The minimum atomic E-state index is -4.80. The number of para-hydroxylation sites is 1. The fourth-order valence-electron chi connectivity index (χ4n) is 4.42. The lowest BCUT2D eigenvalue weighted by Gasteiger charge is -2.11. The Balaban J connectivity index is 0.000000190. The van der Waals surface area contributed by atoms with E-state index in [9.17, 15) is 22.8 Å². The van der Waals surface area contributed by atoms with Crippen LogP contribution in [-0.2, 0) is 0 Å². The molecule has 0 saturated carbocycles. The van der Waals surface area contributed by atoms with E-state index >= 15 is 0 Å². The predicted molar refractivity (Wildman–Crippen MR) is 180 cm³/mol. The Hall–Kier alpha value is -5.76. The van der Waals surface area contributed by atoms with Crippen LogP contribution in [0.15, 0.2) is 97.6 Å². The standard InChI is InChI=1S/C17H15F3N4O2.C16H15ClN4O/c1-23(2)12-6-7-15-22-14(10-24(15)9-12)16(25)21-11-4-3-5-13(8-11)26-17(18,19)20;1-20(2)11-7-8-15-18-14(10-21(15)9-11)16(22)19-13-6-4-3-5-12(13)17/h3-10H,1-2H3,(H,21,25);3-10H,1-2H3,(H,19,22). The van der Waals surface area contributed by atoms with Crippen LogP contribution in [0.1, 0.15) is 21.0 Å². The van der Waals surface area contributed by atoms with Gasteiger partial charge in [-0.2, -0.15) is 0 Å². The molecule has 0 aliphatic carbocycles. The number of pyridine rings is 2. The molecular formula is C33H30ClF3N8O3. The van der Waals surface area contributed by atoms with Crippen LogP contribution in [0.25, 0.3) is 11.3 Å². The van der Waals surface area contributed by atoms with Gasteiger partial charge in [0.15, 0.2) is 0 Å². The molecule has 11 nitrogen and oxygen atoms in total. The Labute approximate surface area is 278 Å². The van der Waals surface area contributed by atoms with Crippen molar-refractivity contribution in [3.8, 4) is 5.75 Å². The van der Waals surface area contributed by atoms with E-state index in [0.29, 0.717) is 22.1 Å². The number of benzene rings is 2. The van der Waals surface area contributed by atoms with Crippen molar-refractivity contribution in [3.63, 3.8) is 0 Å². The number of anilines is 4. The lowest BCUT2D eigenvalue weighted by Crippen LogP contribution is -2.17. The van der Waals surface area contributed by atoms with E-state index in [4.69, 9.17) is 11.6 Å². The van der Waals surface area contributed by atoms with Crippen LogP contribution in [0.4, 0.5) is 35.9 Å².